The molecule has 0 aromatic heterocycles. The molecule has 4 unspecified atom stereocenters. The molecular weight excluding hydrogens is 494 g/mol. The van der Waals surface area contributed by atoms with E-state index in [1.54, 1.807) is 7.11 Å². The Hall–Kier alpha value is -3.84. The van der Waals surface area contributed by atoms with Crippen LogP contribution in [0.2, 0.25) is 0 Å². The number of ether oxygens (including phenoxy) is 3. The summed E-state index contributed by atoms with van der Waals surface area (Å²) in [5, 5.41) is 10.3. The van der Waals surface area contributed by atoms with Gasteiger partial charge in [-0.2, -0.15) is 0 Å². The highest BCUT2D eigenvalue weighted by Crippen LogP contribution is 2.54. The van der Waals surface area contributed by atoms with Crippen molar-refractivity contribution in [3.8, 4) is 11.5 Å². The second-order valence-corrected chi connectivity index (χ2v) is 10.7. The molecule has 7 nitrogen and oxygen atoms in total. The van der Waals surface area contributed by atoms with Gasteiger partial charge >= 0.3 is 5.97 Å². The molecule has 2 aliphatic carbocycles. The number of carboxylic acid groups (broad SMARTS) is 1. The third-order valence-electron chi connectivity index (χ3n) is 8.36. The van der Waals surface area contributed by atoms with Gasteiger partial charge in [0, 0.05) is 18.5 Å². The molecule has 6 rings (SSSR count). The van der Waals surface area contributed by atoms with Crippen LogP contribution >= 0.6 is 0 Å². The first-order chi connectivity index (χ1) is 19.0. The van der Waals surface area contributed by atoms with E-state index in [0.29, 0.717) is 29.9 Å². The monoisotopic (exact) mass is 527 g/mol. The van der Waals surface area contributed by atoms with Crippen LogP contribution in [-0.4, -0.2) is 41.1 Å². The van der Waals surface area contributed by atoms with Gasteiger partial charge in [-0.25, -0.2) is 4.79 Å². The van der Waals surface area contributed by atoms with Gasteiger partial charge in [0.2, 0.25) is 0 Å². The van der Waals surface area contributed by atoms with E-state index in [-0.39, 0.29) is 25.0 Å². The maximum absolute atomic E-state index is 14.1. The van der Waals surface area contributed by atoms with Gasteiger partial charge in [-0.15, -0.1) is 0 Å². The van der Waals surface area contributed by atoms with E-state index in [1.165, 1.54) is 4.90 Å². The first kappa shape index (κ1) is 25.4. The molecule has 0 saturated heterocycles. The molecule has 3 aliphatic rings. The van der Waals surface area contributed by atoms with E-state index >= 15 is 0 Å². The van der Waals surface area contributed by atoms with Crippen molar-refractivity contribution >= 4 is 11.9 Å². The van der Waals surface area contributed by atoms with Crippen LogP contribution < -0.4 is 9.47 Å². The van der Waals surface area contributed by atoms with E-state index in [9.17, 15) is 14.7 Å². The summed E-state index contributed by atoms with van der Waals surface area (Å²) in [6, 6.07) is 21.9. The first-order valence-corrected chi connectivity index (χ1v) is 13.6. The van der Waals surface area contributed by atoms with Crippen molar-refractivity contribution in [2.45, 2.75) is 57.1 Å². The summed E-state index contributed by atoms with van der Waals surface area (Å²) >= 11 is 0. The molecular formula is C32H33NO6. The number of benzene rings is 3. The van der Waals surface area contributed by atoms with Gasteiger partial charge in [-0.1, -0.05) is 66.7 Å². The van der Waals surface area contributed by atoms with Gasteiger partial charge in [0.05, 0.1) is 13.2 Å². The summed E-state index contributed by atoms with van der Waals surface area (Å²) in [5.74, 6) is 0.919. The molecule has 0 bridgehead atoms. The number of carbonyl (C=O) groups excluding carboxylic acids is 1. The molecule has 1 amide bonds. The maximum atomic E-state index is 14.1. The van der Waals surface area contributed by atoms with Crippen molar-refractivity contribution in [2.24, 2.45) is 11.8 Å². The lowest BCUT2D eigenvalue weighted by atomic mass is 9.91. The third-order valence-corrected chi connectivity index (χ3v) is 8.36. The number of aliphatic carboxylic acids is 1. The van der Waals surface area contributed by atoms with E-state index in [0.717, 1.165) is 41.5 Å². The SMILES string of the molecule is COc1ccc2c(c1OCc1ccccc1)C[C@@H](C(=O)O)N(C(=O)C(OC1CCC3CC31)c1ccccc1)C2. The molecule has 3 aromatic rings. The normalized spacial score (nSPS) is 23.9. The van der Waals surface area contributed by atoms with Crippen LogP contribution in [0.3, 0.4) is 0 Å². The Labute approximate surface area is 228 Å². The highest BCUT2D eigenvalue weighted by molar-refractivity contribution is 5.88. The van der Waals surface area contributed by atoms with Gasteiger partial charge in [-0.05, 0) is 53.9 Å². The lowest BCUT2D eigenvalue weighted by Crippen LogP contribution is -2.51. The molecule has 2 fully saturated rings. The van der Waals surface area contributed by atoms with Crippen molar-refractivity contribution < 1.29 is 28.9 Å². The molecule has 7 heteroatoms. The van der Waals surface area contributed by atoms with Gasteiger partial charge in [0.25, 0.3) is 5.91 Å². The lowest BCUT2D eigenvalue weighted by Gasteiger charge is -2.38. The number of hydrogen-bond acceptors (Lipinski definition) is 5. The summed E-state index contributed by atoms with van der Waals surface area (Å²) in [6.07, 6.45) is 2.54. The molecule has 2 saturated carbocycles. The number of methoxy groups -OCH3 is 1. The Morgan fingerprint density at radius 1 is 1.00 bits per heavy atom. The number of carboxylic acids is 1. The molecule has 0 spiro atoms. The number of amides is 1. The zero-order valence-electron chi connectivity index (χ0n) is 22.0. The number of hydrogen-bond donors (Lipinski definition) is 1. The van der Waals surface area contributed by atoms with Crippen LogP contribution in [0.15, 0.2) is 72.8 Å². The Balaban J connectivity index is 1.31. The summed E-state index contributed by atoms with van der Waals surface area (Å²) in [6.45, 7) is 0.474. The minimum absolute atomic E-state index is 0.0340. The zero-order valence-corrected chi connectivity index (χ0v) is 22.0. The van der Waals surface area contributed by atoms with Crippen LogP contribution in [0.5, 0.6) is 11.5 Å². The molecule has 1 heterocycles. The lowest BCUT2D eigenvalue weighted by molar-refractivity contribution is -0.160. The van der Waals surface area contributed by atoms with Gasteiger partial charge in [-0.3, -0.25) is 4.79 Å². The van der Waals surface area contributed by atoms with Crippen LogP contribution in [0, 0.1) is 11.8 Å². The summed E-state index contributed by atoms with van der Waals surface area (Å²) in [5.41, 5.74) is 3.35. The topological polar surface area (TPSA) is 85.3 Å². The van der Waals surface area contributed by atoms with Crippen molar-refractivity contribution in [1.29, 1.82) is 0 Å². The van der Waals surface area contributed by atoms with Gasteiger partial charge in [0.1, 0.15) is 12.6 Å². The molecule has 202 valence electrons. The van der Waals surface area contributed by atoms with E-state index in [1.807, 2.05) is 72.8 Å². The van der Waals surface area contributed by atoms with Crippen molar-refractivity contribution in [3.63, 3.8) is 0 Å². The third kappa shape index (κ3) is 5.11. The molecule has 1 N–H and O–H groups in total. The average molecular weight is 528 g/mol. The summed E-state index contributed by atoms with van der Waals surface area (Å²) in [7, 11) is 1.57. The Bertz CT molecular complexity index is 1340. The first-order valence-electron chi connectivity index (χ1n) is 13.6. The van der Waals surface area contributed by atoms with Crippen LogP contribution in [0.4, 0.5) is 0 Å². The minimum Gasteiger partial charge on any atom is -0.493 e. The van der Waals surface area contributed by atoms with Crippen LogP contribution in [-0.2, 0) is 33.9 Å². The fourth-order valence-corrected chi connectivity index (χ4v) is 6.17. The van der Waals surface area contributed by atoms with Crippen molar-refractivity contribution in [3.05, 3.63) is 95.1 Å². The Kier molecular flexibility index (Phi) is 7.00. The fourth-order valence-electron chi connectivity index (χ4n) is 6.17. The minimum atomic E-state index is -1.05. The standard InChI is InChI=1S/C32H33NO6/c1-37-28-15-13-23-18-33(26(32(35)36)17-25(23)30(28)38-19-20-8-4-2-5-9-20)31(34)29(21-10-6-3-7-11-21)39-27-14-12-22-16-24(22)27/h2-11,13,15,22,24,26-27,29H,12,14,16-19H2,1H3,(H,35,36)/t22?,24?,26-,27?,29?/m0/s1. The average Bonchev–Trinajstić information content (AvgIpc) is 3.65. The van der Waals surface area contributed by atoms with Crippen LogP contribution in [0.25, 0.3) is 0 Å². The van der Waals surface area contributed by atoms with Crippen molar-refractivity contribution in [1.82, 2.24) is 4.90 Å². The number of rotatable bonds is 9. The summed E-state index contributed by atoms with van der Waals surface area (Å²) < 4.78 is 18.3. The van der Waals surface area contributed by atoms with E-state index < -0.39 is 18.1 Å². The predicted molar refractivity (Wildman–Crippen MR) is 144 cm³/mol. The molecule has 5 atom stereocenters. The second kappa shape index (κ2) is 10.7. The molecule has 1 aliphatic heterocycles. The Morgan fingerprint density at radius 2 is 1.74 bits per heavy atom. The van der Waals surface area contributed by atoms with Crippen molar-refractivity contribution in [2.75, 3.05) is 7.11 Å². The number of nitrogens with zero attached hydrogens (tertiary/aromatic N) is 1. The van der Waals surface area contributed by atoms with Crippen LogP contribution in [0.1, 0.15) is 47.6 Å². The molecule has 3 aromatic carbocycles. The van der Waals surface area contributed by atoms with E-state index in [4.69, 9.17) is 14.2 Å². The smallest absolute Gasteiger partial charge is 0.326 e. The fraction of sp³-hybridized carbons (Fsp3) is 0.375. The largest absolute Gasteiger partial charge is 0.493 e. The quantitative estimate of drug-likeness (QED) is 0.413. The zero-order chi connectivity index (χ0) is 26.9. The number of carbonyl (C=O) groups is 2. The number of fused-ring (bicyclic) bond motifs is 2. The highest BCUT2D eigenvalue weighted by atomic mass is 16.5. The van der Waals surface area contributed by atoms with Gasteiger partial charge in [0.15, 0.2) is 17.6 Å². The van der Waals surface area contributed by atoms with E-state index in [2.05, 4.69) is 0 Å². The molecule has 0 radical (unpaired) electrons. The van der Waals surface area contributed by atoms with Gasteiger partial charge < -0.3 is 24.2 Å². The Morgan fingerprint density at radius 3 is 2.38 bits per heavy atom. The molecule has 39 heavy (non-hydrogen) atoms. The predicted octanol–water partition coefficient (Wildman–Crippen LogP) is 5.17. The second-order valence-electron chi connectivity index (χ2n) is 10.7. The maximum Gasteiger partial charge on any atom is 0.326 e. The highest BCUT2D eigenvalue weighted by Gasteiger charge is 2.50. The summed E-state index contributed by atoms with van der Waals surface area (Å²) in [4.78, 5) is 28.2.